The summed E-state index contributed by atoms with van der Waals surface area (Å²) >= 11 is 3.42. The van der Waals surface area contributed by atoms with Gasteiger partial charge in [-0.05, 0) is 55.8 Å². The van der Waals surface area contributed by atoms with E-state index in [2.05, 4.69) is 47.2 Å². The number of nitrogens with two attached hydrogens (primary N) is 1. The van der Waals surface area contributed by atoms with Crippen LogP contribution in [0.2, 0.25) is 0 Å². The van der Waals surface area contributed by atoms with Crippen LogP contribution >= 0.6 is 15.9 Å². The second-order valence-electron chi connectivity index (χ2n) is 6.23. The summed E-state index contributed by atoms with van der Waals surface area (Å²) in [6, 6.07) is 8.34. The molecule has 0 aliphatic carbocycles. The van der Waals surface area contributed by atoms with Crippen molar-refractivity contribution < 1.29 is 4.79 Å². The highest BCUT2D eigenvalue weighted by molar-refractivity contribution is 9.10. The summed E-state index contributed by atoms with van der Waals surface area (Å²) < 4.78 is 1.07. The molecule has 0 bridgehead atoms. The summed E-state index contributed by atoms with van der Waals surface area (Å²) in [5.41, 5.74) is 6.98. The molecule has 4 heteroatoms. The van der Waals surface area contributed by atoms with Gasteiger partial charge in [-0.25, -0.2) is 0 Å². The maximum absolute atomic E-state index is 12.1. The molecule has 1 aromatic rings. The van der Waals surface area contributed by atoms with Gasteiger partial charge in [0.2, 0.25) is 5.91 Å². The van der Waals surface area contributed by atoms with Crippen LogP contribution in [0.15, 0.2) is 28.7 Å². The van der Waals surface area contributed by atoms with Crippen LogP contribution in [-0.2, 0) is 11.2 Å². The van der Waals surface area contributed by atoms with Crippen molar-refractivity contribution in [2.75, 3.05) is 6.54 Å². The van der Waals surface area contributed by atoms with E-state index in [4.69, 9.17) is 5.73 Å². The van der Waals surface area contributed by atoms with Crippen LogP contribution in [0.1, 0.15) is 39.2 Å². The van der Waals surface area contributed by atoms with Crippen molar-refractivity contribution in [2.24, 2.45) is 17.6 Å². The van der Waals surface area contributed by atoms with Crippen LogP contribution < -0.4 is 11.1 Å². The second kappa shape index (κ2) is 9.21. The quantitative estimate of drug-likeness (QED) is 0.750. The molecule has 1 amide bonds. The van der Waals surface area contributed by atoms with Gasteiger partial charge >= 0.3 is 0 Å². The van der Waals surface area contributed by atoms with E-state index in [1.165, 1.54) is 5.56 Å². The third kappa shape index (κ3) is 7.63. The third-order valence-electron chi connectivity index (χ3n) is 3.47. The first kappa shape index (κ1) is 18.2. The van der Waals surface area contributed by atoms with Crippen molar-refractivity contribution in [3.05, 3.63) is 34.3 Å². The number of halogens is 1. The lowest BCUT2D eigenvalue weighted by atomic mass is 9.94. The molecular weight excluding hydrogens is 328 g/mol. The van der Waals surface area contributed by atoms with Gasteiger partial charge in [-0.3, -0.25) is 4.79 Å². The largest absolute Gasteiger partial charge is 0.353 e. The molecular formula is C17H27BrN2O. The maximum Gasteiger partial charge on any atom is 0.220 e. The lowest BCUT2D eigenvalue weighted by Crippen LogP contribution is -2.36. The van der Waals surface area contributed by atoms with E-state index >= 15 is 0 Å². The topological polar surface area (TPSA) is 55.1 Å². The summed E-state index contributed by atoms with van der Waals surface area (Å²) in [6.07, 6.45) is 2.38. The monoisotopic (exact) mass is 354 g/mol. The Kier molecular flexibility index (Phi) is 7.97. The molecule has 0 saturated heterocycles. The predicted octanol–water partition coefficient (Wildman–Crippen LogP) is 3.51. The molecule has 2 atom stereocenters. The zero-order valence-electron chi connectivity index (χ0n) is 13.2. The number of nitrogens with one attached hydrogen (secondary N) is 1. The SMILES string of the molecule is CC(C)CC(CN)CC(=O)NC(C)Cc1ccc(Br)cc1. The van der Waals surface area contributed by atoms with Crippen molar-refractivity contribution in [3.63, 3.8) is 0 Å². The second-order valence-corrected chi connectivity index (χ2v) is 7.15. The highest BCUT2D eigenvalue weighted by atomic mass is 79.9. The fourth-order valence-corrected chi connectivity index (χ4v) is 2.81. The number of hydrogen-bond acceptors (Lipinski definition) is 2. The Hall–Kier alpha value is -0.870. The number of rotatable bonds is 8. The predicted molar refractivity (Wildman–Crippen MR) is 92.1 cm³/mol. The molecule has 0 fully saturated rings. The molecule has 0 spiro atoms. The molecule has 3 nitrogen and oxygen atoms in total. The van der Waals surface area contributed by atoms with Crippen molar-refractivity contribution in [3.8, 4) is 0 Å². The third-order valence-corrected chi connectivity index (χ3v) is 4.00. The Morgan fingerprint density at radius 3 is 2.38 bits per heavy atom. The zero-order valence-corrected chi connectivity index (χ0v) is 14.8. The summed E-state index contributed by atoms with van der Waals surface area (Å²) in [4.78, 5) is 12.1. The molecule has 0 aromatic heterocycles. The van der Waals surface area contributed by atoms with E-state index in [0.717, 1.165) is 17.3 Å². The van der Waals surface area contributed by atoms with E-state index in [0.29, 0.717) is 18.9 Å². The molecule has 0 radical (unpaired) electrons. The van der Waals surface area contributed by atoms with Crippen molar-refractivity contribution >= 4 is 21.8 Å². The highest BCUT2D eigenvalue weighted by Crippen LogP contribution is 2.15. The van der Waals surface area contributed by atoms with Crippen LogP contribution in [0, 0.1) is 11.8 Å². The summed E-state index contributed by atoms with van der Waals surface area (Å²) in [5, 5.41) is 3.07. The number of hydrogen-bond donors (Lipinski definition) is 2. The van der Waals surface area contributed by atoms with E-state index in [1.54, 1.807) is 0 Å². The number of benzene rings is 1. The molecule has 1 aromatic carbocycles. The average Bonchev–Trinajstić information content (AvgIpc) is 2.39. The van der Waals surface area contributed by atoms with Gasteiger partial charge in [-0.15, -0.1) is 0 Å². The van der Waals surface area contributed by atoms with E-state index in [1.807, 2.05) is 19.1 Å². The van der Waals surface area contributed by atoms with E-state index < -0.39 is 0 Å². The van der Waals surface area contributed by atoms with Gasteiger partial charge < -0.3 is 11.1 Å². The smallest absolute Gasteiger partial charge is 0.220 e. The minimum absolute atomic E-state index is 0.107. The molecule has 0 saturated carbocycles. The van der Waals surface area contributed by atoms with Gasteiger partial charge in [-0.2, -0.15) is 0 Å². The van der Waals surface area contributed by atoms with Gasteiger partial charge in [0.05, 0.1) is 0 Å². The standard InChI is InChI=1S/C17H27BrN2O/c1-12(2)8-15(11-19)10-17(21)20-13(3)9-14-4-6-16(18)7-5-14/h4-7,12-13,15H,8-11,19H2,1-3H3,(H,20,21). The summed E-state index contributed by atoms with van der Waals surface area (Å²) in [7, 11) is 0. The number of amides is 1. The maximum atomic E-state index is 12.1. The molecule has 21 heavy (non-hydrogen) atoms. The molecule has 3 N–H and O–H groups in total. The molecule has 0 aliphatic heterocycles. The molecule has 0 heterocycles. The lowest BCUT2D eigenvalue weighted by Gasteiger charge is -2.19. The van der Waals surface area contributed by atoms with Gasteiger partial charge in [0.15, 0.2) is 0 Å². The van der Waals surface area contributed by atoms with Crippen molar-refractivity contribution in [1.82, 2.24) is 5.32 Å². The van der Waals surface area contributed by atoms with Crippen LogP contribution in [-0.4, -0.2) is 18.5 Å². The van der Waals surface area contributed by atoms with Gasteiger partial charge in [-0.1, -0.05) is 41.9 Å². The number of carbonyl (C=O) groups is 1. The van der Waals surface area contributed by atoms with E-state index in [9.17, 15) is 4.79 Å². The zero-order chi connectivity index (χ0) is 15.8. The first-order chi connectivity index (χ1) is 9.90. The fourth-order valence-electron chi connectivity index (χ4n) is 2.55. The lowest BCUT2D eigenvalue weighted by molar-refractivity contribution is -0.122. The Morgan fingerprint density at radius 1 is 1.24 bits per heavy atom. The van der Waals surface area contributed by atoms with Crippen molar-refractivity contribution in [1.29, 1.82) is 0 Å². The first-order valence-electron chi connectivity index (χ1n) is 7.64. The van der Waals surface area contributed by atoms with Crippen LogP contribution in [0.25, 0.3) is 0 Å². The summed E-state index contributed by atoms with van der Waals surface area (Å²) in [5.74, 6) is 0.965. The minimum atomic E-state index is 0.107. The Labute approximate surface area is 136 Å². The Morgan fingerprint density at radius 2 is 1.86 bits per heavy atom. The van der Waals surface area contributed by atoms with Crippen LogP contribution in [0.4, 0.5) is 0 Å². The summed E-state index contributed by atoms with van der Waals surface area (Å²) in [6.45, 7) is 6.94. The first-order valence-corrected chi connectivity index (χ1v) is 8.43. The van der Waals surface area contributed by atoms with Crippen LogP contribution in [0.3, 0.4) is 0 Å². The molecule has 118 valence electrons. The van der Waals surface area contributed by atoms with Gasteiger partial charge in [0.25, 0.3) is 0 Å². The fraction of sp³-hybridized carbons (Fsp3) is 0.588. The van der Waals surface area contributed by atoms with Crippen molar-refractivity contribution in [2.45, 2.75) is 46.1 Å². The average molecular weight is 355 g/mol. The minimum Gasteiger partial charge on any atom is -0.353 e. The molecule has 1 rings (SSSR count). The van der Waals surface area contributed by atoms with E-state index in [-0.39, 0.29) is 17.9 Å². The molecule has 0 aliphatic rings. The van der Waals surface area contributed by atoms with Gasteiger partial charge in [0, 0.05) is 16.9 Å². The molecule has 2 unspecified atom stereocenters. The Balaban J connectivity index is 2.40. The Bertz CT molecular complexity index is 431. The highest BCUT2D eigenvalue weighted by Gasteiger charge is 2.15. The van der Waals surface area contributed by atoms with Crippen LogP contribution in [0.5, 0.6) is 0 Å². The number of carbonyl (C=O) groups excluding carboxylic acids is 1. The van der Waals surface area contributed by atoms with Gasteiger partial charge in [0.1, 0.15) is 0 Å². The normalized spacial score (nSPS) is 14.0.